The van der Waals surface area contributed by atoms with Gasteiger partial charge in [-0.2, -0.15) is 0 Å². The number of benzene rings is 2. The number of aromatic amines is 1. The second-order valence-corrected chi connectivity index (χ2v) is 23.0. The van der Waals surface area contributed by atoms with Gasteiger partial charge in [0.25, 0.3) is 0 Å². The molecule has 3 fully saturated rings. The molecule has 2 saturated carbocycles. The number of ketones is 3. The maximum absolute atomic E-state index is 14.3. The minimum atomic E-state index is -1.46. The number of urea groups is 1. The number of Topliss-reactive ketones (excluding diaryl/α,β-unsaturated/α-hetero) is 3. The highest BCUT2D eigenvalue weighted by Crippen LogP contribution is 2.34. The third-order valence-corrected chi connectivity index (χ3v) is 16.2. The Hall–Kier alpha value is -8.42. The number of carbonyl (C=O) groups excluding carboxylic acids is 11. The fourth-order valence-corrected chi connectivity index (χ4v) is 11.3. The molecule has 1 aromatic heterocycles. The molecule has 6 rings (SSSR count). The molecule has 86 heavy (non-hydrogen) atoms. The summed E-state index contributed by atoms with van der Waals surface area (Å²) in [6.07, 6.45) is 5.99. The maximum Gasteiger partial charge on any atom is 0.312 e. The summed E-state index contributed by atoms with van der Waals surface area (Å²) >= 11 is 0. The minimum Gasteiger partial charge on any atom is -0.508 e. The van der Waals surface area contributed by atoms with Crippen LogP contribution in [-0.4, -0.2) is 160 Å². The van der Waals surface area contributed by atoms with Crippen LogP contribution in [0.2, 0.25) is 0 Å². The normalized spacial score (nSPS) is 18.3. The second-order valence-electron chi connectivity index (χ2n) is 23.0. The van der Waals surface area contributed by atoms with Crippen LogP contribution >= 0.6 is 0 Å². The van der Waals surface area contributed by atoms with Gasteiger partial charge in [-0.25, -0.2) is 4.79 Å². The Balaban J connectivity index is 1.07. The lowest BCUT2D eigenvalue weighted by molar-refractivity contribution is -0.142. The number of fused-ring (bicyclic) bond motifs is 1. The molecular weight excluding hydrogens is 1110 g/mol. The van der Waals surface area contributed by atoms with Gasteiger partial charge in [0.15, 0.2) is 23.3 Å². The lowest BCUT2D eigenvalue weighted by atomic mass is 9.83. The van der Waals surface area contributed by atoms with Crippen molar-refractivity contribution in [2.75, 3.05) is 26.7 Å². The van der Waals surface area contributed by atoms with E-state index in [1.807, 2.05) is 24.3 Å². The fraction of sp³-hybridized carbons (Fsp3) is 0.567. The number of aromatic nitrogens is 1. The monoisotopic (exact) mass is 1200 g/mol. The largest absolute Gasteiger partial charge is 0.508 e. The van der Waals surface area contributed by atoms with Crippen molar-refractivity contribution in [2.45, 2.75) is 171 Å². The van der Waals surface area contributed by atoms with Crippen LogP contribution in [0.25, 0.3) is 10.9 Å². The van der Waals surface area contributed by atoms with E-state index in [2.05, 4.69) is 47.2 Å². The van der Waals surface area contributed by atoms with E-state index in [9.17, 15) is 63.0 Å². The van der Waals surface area contributed by atoms with E-state index in [-0.39, 0.29) is 81.5 Å². The summed E-state index contributed by atoms with van der Waals surface area (Å²) in [6.45, 7) is 0.764. The molecule has 9 amide bonds. The van der Waals surface area contributed by atoms with Gasteiger partial charge < -0.3 is 74.5 Å². The van der Waals surface area contributed by atoms with E-state index in [4.69, 9.17) is 17.2 Å². The number of β-amino-alcohol motifs (C(OH)–C–C–N with tert-alkyl or cyclic N) is 1. The summed E-state index contributed by atoms with van der Waals surface area (Å²) in [4.78, 5) is 157. The first-order chi connectivity index (χ1) is 41.1. The Kier molecular flexibility index (Phi) is 25.4. The van der Waals surface area contributed by atoms with Crippen LogP contribution in [0.5, 0.6) is 5.75 Å². The molecule has 0 radical (unpaired) electrons. The number of likely N-dealkylation sites (tertiary alicyclic amines) is 1. The topological polar surface area (TPSA) is 422 Å². The average Bonchev–Trinajstić information content (AvgIpc) is 3.80. The summed E-state index contributed by atoms with van der Waals surface area (Å²) in [7, 11) is 1.52. The van der Waals surface area contributed by atoms with Gasteiger partial charge >= 0.3 is 6.03 Å². The molecule has 1 saturated heterocycles. The number of primary amides is 2. The van der Waals surface area contributed by atoms with Crippen LogP contribution in [0.1, 0.15) is 127 Å². The summed E-state index contributed by atoms with van der Waals surface area (Å²) in [5, 5.41) is 40.0. The molecule has 468 valence electrons. The van der Waals surface area contributed by atoms with Crippen LogP contribution in [0.4, 0.5) is 4.79 Å². The standard InChI is InChI=1S/C60H85N13O13/c1-34(74)68-47(27-37-16-18-40(75)19-17-37)58(85)73-33-41(76)30-49(73)57(84)72-48(32-67-60(63)86)51(78)21-23-53(80)69-44(25-35-9-4-3-5-10-35)50(77)20-22-54(81)70-45(26-36-14-15-36)52(79)29-38(11-8-24-65-59(62)64-2)56(83)71-46(55(61)82)28-39-31-66-43-13-7-6-12-42(39)43/h6-7,12-13,16-19,31,35-36,38,41,44-49,66,75-76H,3-5,8-11,14-15,20-30,32-33H2,1-2H3,(H2,61,82)(H,68,74)(H,69,80)(H,70,81)(H,71,83)(H,72,84)(H3,62,64,65)(H3,63,67,86)/t38-,41-,44+,45+,46+,47-,48+,49+/m1/s1. The first-order valence-electron chi connectivity index (χ1n) is 29.7. The first kappa shape index (κ1) is 66.7. The molecule has 26 heteroatoms. The number of rotatable bonds is 34. The van der Waals surface area contributed by atoms with Crippen LogP contribution in [0, 0.1) is 17.8 Å². The van der Waals surface area contributed by atoms with E-state index in [0.717, 1.165) is 66.3 Å². The van der Waals surface area contributed by atoms with Crippen LogP contribution in [0.15, 0.2) is 59.7 Å². The Bertz CT molecular complexity index is 2920. The number of nitrogens with zero attached hydrogens (tertiary/aromatic N) is 2. The van der Waals surface area contributed by atoms with Gasteiger partial charge in [0.05, 0.1) is 18.2 Å². The number of carbonyl (C=O) groups is 11. The molecule has 2 heterocycles. The fourth-order valence-electron chi connectivity index (χ4n) is 11.3. The first-order valence-corrected chi connectivity index (χ1v) is 29.7. The number of nitrogens with two attached hydrogens (primary N) is 3. The number of amides is 9. The molecule has 8 atom stereocenters. The zero-order chi connectivity index (χ0) is 62.5. The van der Waals surface area contributed by atoms with Gasteiger partial charge in [0.2, 0.25) is 41.4 Å². The van der Waals surface area contributed by atoms with Crippen molar-refractivity contribution >= 4 is 81.6 Å². The van der Waals surface area contributed by atoms with Gasteiger partial charge in [0.1, 0.15) is 29.9 Å². The molecule has 2 aromatic carbocycles. The maximum atomic E-state index is 14.3. The van der Waals surface area contributed by atoms with Gasteiger partial charge in [0, 0.05) is 108 Å². The quantitative estimate of drug-likeness (QED) is 0.0221. The minimum absolute atomic E-state index is 0.0163. The number of nitrogens with one attached hydrogen (secondary N) is 8. The summed E-state index contributed by atoms with van der Waals surface area (Å²) in [6, 6.07) is 5.32. The van der Waals surface area contributed by atoms with Crippen molar-refractivity contribution in [3.8, 4) is 5.75 Å². The van der Waals surface area contributed by atoms with Crippen molar-refractivity contribution in [1.29, 1.82) is 0 Å². The number of aromatic hydroxyl groups is 1. The van der Waals surface area contributed by atoms with Crippen LogP contribution < -0.4 is 54.4 Å². The number of para-hydroxylation sites is 1. The number of guanidine groups is 1. The molecule has 3 aliphatic rings. The molecule has 1 aliphatic heterocycles. The van der Waals surface area contributed by atoms with E-state index < -0.39 is 132 Å². The number of aliphatic hydroxyl groups is 1. The highest BCUT2D eigenvalue weighted by atomic mass is 16.3. The molecule has 16 N–H and O–H groups in total. The average molecular weight is 1200 g/mol. The smallest absolute Gasteiger partial charge is 0.312 e. The van der Waals surface area contributed by atoms with E-state index in [0.29, 0.717) is 24.9 Å². The number of aliphatic hydroxyl groups excluding tert-OH is 1. The van der Waals surface area contributed by atoms with Crippen LogP contribution in [0.3, 0.4) is 0 Å². The Morgan fingerprint density at radius 2 is 1.33 bits per heavy atom. The molecule has 0 unspecified atom stereocenters. The van der Waals surface area contributed by atoms with Crippen molar-refractivity contribution in [2.24, 2.45) is 39.9 Å². The third kappa shape index (κ3) is 21.3. The summed E-state index contributed by atoms with van der Waals surface area (Å²) in [5.41, 5.74) is 19.2. The number of phenolic OH excluding ortho intramolecular Hbond substituents is 1. The number of hydrogen-bond donors (Lipinski definition) is 13. The summed E-state index contributed by atoms with van der Waals surface area (Å²) < 4.78 is 0. The van der Waals surface area contributed by atoms with Crippen molar-refractivity contribution in [3.63, 3.8) is 0 Å². The SMILES string of the molecule is CN=C(N)NCCC[C@H](CC(=O)[C@H](CC1CC1)NC(=O)CCC(=O)[C@H](CC1CCCCC1)NC(=O)CCC(=O)[C@H](CNC(N)=O)NC(=O)[C@@H]1C[C@@H](O)CN1C(=O)[C@@H](Cc1ccc(O)cc1)NC(C)=O)C(=O)N[C@@H](Cc1c[nH]c2ccccc12)C(N)=O. The number of H-pyrrole nitrogens is 1. The van der Waals surface area contributed by atoms with E-state index >= 15 is 0 Å². The molecule has 0 bridgehead atoms. The number of hydrogen-bond acceptors (Lipinski definition) is 14. The molecular formula is C60H85N13O13. The number of phenols is 1. The van der Waals surface area contributed by atoms with Gasteiger partial charge in [-0.3, -0.25) is 52.9 Å². The lowest BCUT2D eigenvalue weighted by Crippen LogP contribution is -2.57. The second kappa shape index (κ2) is 32.7. The molecule has 2 aliphatic carbocycles. The Labute approximate surface area is 499 Å². The molecule has 0 spiro atoms. The predicted octanol–water partition coefficient (Wildman–Crippen LogP) is 0.577. The van der Waals surface area contributed by atoms with Crippen molar-refractivity contribution in [3.05, 3.63) is 65.9 Å². The Morgan fingerprint density at radius 3 is 1.94 bits per heavy atom. The lowest BCUT2D eigenvalue weighted by Gasteiger charge is -2.29. The highest BCUT2D eigenvalue weighted by molar-refractivity contribution is 5.98. The van der Waals surface area contributed by atoms with E-state index in [1.54, 1.807) is 18.3 Å². The Morgan fingerprint density at radius 1 is 0.698 bits per heavy atom. The van der Waals surface area contributed by atoms with Gasteiger partial charge in [-0.05, 0) is 66.8 Å². The van der Waals surface area contributed by atoms with Gasteiger partial charge in [-0.15, -0.1) is 0 Å². The number of aliphatic imine (C=N–C) groups is 1. The van der Waals surface area contributed by atoms with Crippen molar-refractivity contribution in [1.82, 2.24) is 47.1 Å². The zero-order valence-corrected chi connectivity index (χ0v) is 49.0. The zero-order valence-electron chi connectivity index (χ0n) is 49.0. The van der Waals surface area contributed by atoms with Crippen LogP contribution in [-0.2, 0) is 60.8 Å². The molecule has 3 aromatic rings. The third-order valence-electron chi connectivity index (χ3n) is 16.2. The van der Waals surface area contributed by atoms with Gasteiger partial charge in [-0.1, -0.05) is 75.3 Å². The highest BCUT2D eigenvalue weighted by Gasteiger charge is 2.43. The molecule has 26 nitrogen and oxygen atoms in total. The van der Waals surface area contributed by atoms with Crippen molar-refractivity contribution < 1.29 is 63.0 Å². The predicted molar refractivity (Wildman–Crippen MR) is 317 cm³/mol. The van der Waals surface area contributed by atoms with E-state index in [1.165, 1.54) is 26.1 Å². The summed E-state index contributed by atoms with van der Waals surface area (Å²) in [5.74, 6) is -6.77.